The number of nitrogens with zero attached hydrogens (tertiary/aromatic N) is 2. The van der Waals surface area contributed by atoms with Crippen molar-refractivity contribution in [1.82, 2.24) is 9.80 Å². The highest BCUT2D eigenvalue weighted by Gasteiger charge is 2.80. The zero-order chi connectivity index (χ0) is 23.7. The van der Waals surface area contributed by atoms with Crippen LogP contribution in [0.15, 0.2) is 12.7 Å². The van der Waals surface area contributed by atoms with E-state index < -0.39 is 35.0 Å². The van der Waals surface area contributed by atoms with E-state index in [-0.39, 0.29) is 24.3 Å². The van der Waals surface area contributed by atoms with Gasteiger partial charge >= 0.3 is 5.97 Å². The first-order valence-corrected chi connectivity index (χ1v) is 11.9. The summed E-state index contributed by atoms with van der Waals surface area (Å²) >= 11 is 0. The Hall–Kier alpha value is -1.93. The van der Waals surface area contributed by atoms with Crippen molar-refractivity contribution in [3.05, 3.63) is 12.7 Å². The molecule has 2 bridgehead atoms. The lowest BCUT2D eigenvalue weighted by atomic mass is 9.62. The van der Waals surface area contributed by atoms with Crippen molar-refractivity contribution in [2.45, 2.75) is 76.5 Å². The Bertz CT molecular complexity index is 757. The standard InChI is InChI=1S/C24H38N2O6/c1-5-7-12-25(11-6-2)21(29)19-24-15-16(3)23(4,32-24)18(22(30)31)17(24)20(28)26(19)13-9-8-10-14-27/h6,16-19,27H,2,5,7-15H2,1,3-4H3,(H,30,31)/t16?,17-,18-,19?,23+,24?/m0/s1. The van der Waals surface area contributed by atoms with E-state index in [0.29, 0.717) is 38.9 Å². The molecule has 2 N–H and O–H groups in total. The normalized spacial score (nSPS) is 35.2. The minimum atomic E-state index is -1.12. The van der Waals surface area contributed by atoms with E-state index in [1.165, 1.54) is 0 Å². The molecule has 8 nitrogen and oxygen atoms in total. The van der Waals surface area contributed by atoms with Gasteiger partial charge in [-0.1, -0.05) is 26.3 Å². The molecule has 0 aromatic carbocycles. The molecule has 180 valence electrons. The number of likely N-dealkylation sites (tertiary alicyclic amines) is 1. The smallest absolute Gasteiger partial charge is 0.310 e. The van der Waals surface area contributed by atoms with E-state index in [1.54, 1.807) is 22.8 Å². The second-order valence-electron chi connectivity index (χ2n) is 9.78. The second-order valence-corrected chi connectivity index (χ2v) is 9.78. The van der Waals surface area contributed by atoms with Crippen LogP contribution in [0.2, 0.25) is 0 Å². The van der Waals surface area contributed by atoms with Crippen LogP contribution in [0.5, 0.6) is 0 Å². The number of hydrogen-bond donors (Lipinski definition) is 2. The average Bonchev–Trinajstić information content (AvgIpc) is 3.25. The number of carboxylic acid groups (broad SMARTS) is 1. The summed E-state index contributed by atoms with van der Waals surface area (Å²) in [6.45, 7) is 10.9. The predicted octanol–water partition coefficient (Wildman–Crippen LogP) is 2.06. The zero-order valence-electron chi connectivity index (χ0n) is 19.6. The van der Waals surface area contributed by atoms with Gasteiger partial charge < -0.3 is 24.7 Å². The molecule has 8 heteroatoms. The first-order chi connectivity index (χ1) is 15.2. The third-order valence-electron chi connectivity index (χ3n) is 7.81. The number of fused-ring (bicyclic) bond motifs is 1. The maximum atomic E-state index is 13.9. The summed E-state index contributed by atoms with van der Waals surface area (Å²) in [6.07, 6.45) is 5.92. The number of unbranched alkanes of at least 4 members (excludes halogenated alkanes) is 3. The molecular weight excluding hydrogens is 412 g/mol. The number of carbonyl (C=O) groups is 3. The van der Waals surface area contributed by atoms with Crippen LogP contribution < -0.4 is 0 Å². The van der Waals surface area contributed by atoms with Crippen LogP contribution in [0.25, 0.3) is 0 Å². The molecule has 1 spiro atoms. The lowest BCUT2D eigenvalue weighted by Crippen LogP contribution is -2.56. The van der Waals surface area contributed by atoms with Crippen molar-refractivity contribution in [3.63, 3.8) is 0 Å². The van der Waals surface area contributed by atoms with Crippen molar-refractivity contribution < 1.29 is 29.3 Å². The van der Waals surface area contributed by atoms with Crippen LogP contribution in [-0.4, -0.2) is 81.3 Å². The van der Waals surface area contributed by atoms with Gasteiger partial charge in [0.25, 0.3) is 0 Å². The molecule has 3 saturated heterocycles. The van der Waals surface area contributed by atoms with Gasteiger partial charge in [0.2, 0.25) is 11.8 Å². The van der Waals surface area contributed by atoms with Gasteiger partial charge in [0, 0.05) is 26.2 Å². The van der Waals surface area contributed by atoms with Crippen LogP contribution in [0.1, 0.15) is 59.3 Å². The summed E-state index contributed by atoms with van der Waals surface area (Å²) in [5, 5.41) is 19.2. The monoisotopic (exact) mass is 450 g/mol. The quantitative estimate of drug-likeness (QED) is 0.348. The number of carboxylic acids is 1. The first kappa shape index (κ1) is 24.7. The fourth-order valence-corrected chi connectivity index (χ4v) is 6.17. The molecule has 3 aliphatic rings. The van der Waals surface area contributed by atoms with Gasteiger partial charge in [-0.15, -0.1) is 6.58 Å². The molecule has 3 heterocycles. The third-order valence-corrected chi connectivity index (χ3v) is 7.81. The highest BCUT2D eigenvalue weighted by Crippen LogP contribution is 2.65. The largest absolute Gasteiger partial charge is 0.481 e. The summed E-state index contributed by atoms with van der Waals surface area (Å²) in [6, 6.07) is -0.834. The SMILES string of the molecule is C=CCN(CCCC)C(=O)C1N(CCCCCO)C(=O)[C@@H]2[C@@H](C(=O)O)[C@]3(C)OC12CC3C. The Kier molecular flexibility index (Phi) is 7.34. The highest BCUT2D eigenvalue weighted by molar-refractivity contribution is 5.98. The lowest BCUT2D eigenvalue weighted by molar-refractivity contribution is -0.157. The van der Waals surface area contributed by atoms with Gasteiger partial charge in [0.15, 0.2) is 0 Å². The summed E-state index contributed by atoms with van der Waals surface area (Å²) in [5.74, 6) is -3.42. The number of carbonyl (C=O) groups excluding carboxylic acids is 2. The maximum absolute atomic E-state index is 13.9. The second kappa shape index (κ2) is 9.51. The van der Waals surface area contributed by atoms with Crippen molar-refractivity contribution in [1.29, 1.82) is 0 Å². The molecular formula is C24H38N2O6. The van der Waals surface area contributed by atoms with Crippen molar-refractivity contribution >= 4 is 17.8 Å². The molecule has 0 aromatic heterocycles. The van der Waals surface area contributed by atoms with Crippen molar-refractivity contribution in [2.75, 3.05) is 26.2 Å². The molecule has 3 fully saturated rings. The fraction of sp³-hybridized carbons (Fsp3) is 0.792. The van der Waals surface area contributed by atoms with Gasteiger partial charge in [-0.2, -0.15) is 0 Å². The molecule has 6 atom stereocenters. The number of aliphatic hydroxyl groups is 1. The minimum absolute atomic E-state index is 0.0765. The summed E-state index contributed by atoms with van der Waals surface area (Å²) in [7, 11) is 0. The Morgan fingerprint density at radius 1 is 1.31 bits per heavy atom. The van der Waals surface area contributed by atoms with E-state index >= 15 is 0 Å². The van der Waals surface area contributed by atoms with Crippen LogP contribution in [0.4, 0.5) is 0 Å². The van der Waals surface area contributed by atoms with Crippen molar-refractivity contribution in [3.8, 4) is 0 Å². The van der Waals surface area contributed by atoms with Gasteiger partial charge in [-0.25, -0.2) is 0 Å². The van der Waals surface area contributed by atoms with E-state index in [1.807, 2.05) is 6.92 Å². The molecule has 3 rings (SSSR count). The Labute approximate surface area is 190 Å². The molecule has 0 radical (unpaired) electrons. The maximum Gasteiger partial charge on any atom is 0.310 e. The Morgan fingerprint density at radius 3 is 2.62 bits per heavy atom. The number of aliphatic carboxylic acids is 1. The molecule has 3 aliphatic heterocycles. The Morgan fingerprint density at radius 2 is 2.03 bits per heavy atom. The van der Waals surface area contributed by atoms with Crippen LogP contribution in [0, 0.1) is 17.8 Å². The number of aliphatic hydroxyl groups excluding tert-OH is 1. The molecule has 3 unspecified atom stereocenters. The van der Waals surface area contributed by atoms with Gasteiger partial charge in [-0.3, -0.25) is 14.4 Å². The van der Waals surface area contributed by atoms with E-state index in [2.05, 4.69) is 13.5 Å². The van der Waals surface area contributed by atoms with Crippen molar-refractivity contribution in [2.24, 2.45) is 17.8 Å². The zero-order valence-corrected chi connectivity index (χ0v) is 19.6. The summed E-state index contributed by atoms with van der Waals surface area (Å²) < 4.78 is 6.50. The van der Waals surface area contributed by atoms with E-state index in [9.17, 15) is 19.5 Å². The fourth-order valence-electron chi connectivity index (χ4n) is 6.17. The highest BCUT2D eigenvalue weighted by atomic mass is 16.5. The molecule has 32 heavy (non-hydrogen) atoms. The third kappa shape index (κ3) is 3.75. The molecule has 2 amide bonds. The predicted molar refractivity (Wildman–Crippen MR) is 119 cm³/mol. The van der Waals surface area contributed by atoms with Gasteiger partial charge in [0.1, 0.15) is 17.6 Å². The average molecular weight is 451 g/mol. The number of ether oxygens (including phenoxy) is 1. The topological polar surface area (TPSA) is 107 Å². The number of hydrogen-bond acceptors (Lipinski definition) is 5. The summed E-state index contributed by atoms with van der Waals surface area (Å²) in [4.78, 5) is 43.2. The van der Waals surface area contributed by atoms with Crippen LogP contribution in [-0.2, 0) is 19.1 Å². The minimum Gasteiger partial charge on any atom is -0.481 e. The molecule has 0 aliphatic carbocycles. The molecule has 0 aromatic rings. The van der Waals surface area contributed by atoms with Crippen LogP contribution in [0.3, 0.4) is 0 Å². The number of amides is 2. The summed E-state index contributed by atoms with van der Waals surface area (Å²) in [5.41, 5.74) is -2.09. The van der Waals surface area contributed by atoms with E-state index in [0.717, 1.165) is 19.3 Å². The van der Waals surface area contributed by atoms with E-state index in [4.69, 9.17) is 9.84 Å². The lowest BCUT2D eigenvalue weighted by Gasteiger charge is -2.37. The Balaban J connectivity index is 2.01. The van der Waals surface area contributed by atoms with Crippen LogP contribution >= 0.6 is 0 Å². The van der Waals surface area contributed by atoms with Gasteiger partial charge in [-0.05, 0) is 44.9 Å². The molecule has 0 saturated carbocycles. The number of rotatable bonds is 12. The van der Waals surface area contributed by atoms with Gasteiger partial charge in [0.05, 0.1) is 11.5 Å². The first-order valence-electron chi connectivity index (χ1n) is 11.9.